The molecule has 2 aromatic rings. The summed E-state index contributed by atoms with van der Waals surface area (Å²) in [5.41, 5.74) is 3.78. The van der Waals surface area contributed by atoms with E-state index in [-0.39, 0.29) is 33.3 Å². The first-order chi connectivity index (χ1) is 10.9. The van der Waals surface area contributed by atoms with Crippen LogP contribution in [0.2, 0.25) is 5.02 Å². The quantitative estimate of drug-likeness (QED) is 0.893. The third kappa shape index (κ3) is 3.07. The zero-order valence-electron chi connectivity index (χ0n) is 11.2. The van der Waals surface area contributed by atoms with Gasteiger partial charge in [0.1, 0.15) is 34.8 Å². The standard InChI is InChI=1S/C14H7ClF2N4O2/c15-6-1-2-7(10(3-6)23-14(16)17)11-8(4-18)12(20)21-13(22)9(11)5-19/h1-3,14H,(H3,20,21,22). The molecule has 0 aliphatic rings. The van der Waals surface area contributed by atoms with Gasteiger partial charge in [0.25, 0.3) is 5.56 Å². The van der Waals surface area contributed by atoms with Gasteiger partial charge in [0.2, 0.25) is 0 Å². The van der Waals surface area contributed by atoms with Crippen LogP contribution in [0.5, 0.6) is 5.75 Å². The number of aromatic amines is 1. The maximum absolute atomic E-state index is 12.6. The number of anilines is 1. The zero-order chi connectivity index (χ0) is 17.1. The molecule has 0 saturated heterocycles. The second kappa shape index (κ2) is 6.34. The summed E-state index contributed by atoms with van der Waals surface area (Å²) in [6.45, 7) is -3.16. The Morgan fingerprint density at radius 2 is 1.91 bits per heavy atom. The van der Waals surface area contributed by atoms with Crippen molar-refractivity contribution in [3.05, 3.63) is 44.7 Å². The minimum absolute atomic E-state index is 0.0689. The van der Waals surface area contributed by atoms with Crippen molar-refractivity contribution < 1.29 is 13.5 Å². The number of nitrogen functional groups attached to an aromatic ring is 1. The van der Waals surface area contributed by atoms with E-state index >= 15 is 0 Å². The minimum Gasteiger partial charge on any atom is -0.434 e. The van der Waals surface area contributed by atoms with Gasteiger partial charge in [0.15, 0.2) is 0 Å². The van der Waals surface area contributed by atoms with E-state index in [1.807, 2.05) is 0 Å². The lowest BCUT2D eigenvalue weighted by atomic mass is 9.96. The number of aromatic nitrogens is 1. The molecular formula is C14H7ClF2N4O2. The average Bonchev–Trinajstić information content (AvgIpc) is 2.46. The molecule has 0 saturated carbocycles. The van der Waals surface area contributed by atoms with E-state index < -0.39 is 17.7 Å². The van der Waals surface area contributed by atoms with Gasteiger partial charge in [0.05, 0.1) is 0 Å². The smallest absolute Gasteiger partial charge is 0.387 e. The predicted octanol–water partition coefficient (Wildman–Crippen LogP) is 2.62. The molecule has 6 nitrogen and oxygen atoms in total. The molecule has 0 spiro atoms. The molecule has 9 heteroatoms. The van der Waals surface area contributed by atoms with Gasteiger partial charge in [-0.25, -0.2) is 0 Å². The van der Waals surface area contributed by atoms with Crippen molar-refractivity contribution in [2.24, 2.45) is 0 Å². The molecule has 0 amide bonds. The average molecular weight is 337 g/mol. The van der Waals surface area contributed by atoms with Gasteiger partial charge in [-0.05, 0) is 18.2 Å². The SMILES string of the molecule is N#Cc1c(N)[nH]c(=O)c(C#N)c1-c1ccc(Cl)cc1OC(F)F. The third-order valence-electron chi connectivity index (χ3n) is 2.90. The Kier molecular flexibility index (Phi) is 4.49. The first-order valence-corrected chi connectivity index (χ1v) is 6.37. The molecule has 116 valence electrons. The Morgan fingerprint density at radius 1 is 1.26 bits per heavy atom. The van der Waals surface area contributed by atoms with Crippen molar-refractivity contribution >= 4 is 17.4 Å². The number of benzene rings is 1. The molecular weight excluding hydrogens is 330 g/mol. The van der Waals surface area contributed by atoms with Crippen molar-refractivity contribution in [2.45, 2.75) is 6.61 Å². The zero-order valence-corrected chi connectivity index (χ0v) is 12.0. The van der Waals surface area contributed by atoms with E-state index in [0.717, 1.165) is 6.07 Å². The number of H-pyrrole nitrogens is 1. The molecule has 0 unspecified atom stereocenters. The first-order valence-electron chi connectivity index (χ1n) is 5.99. The lowest BCUT2D eigenvalue weighted by molar-refractivity contribution is -0.0494. The van der Waals surface area contributed by atoms with Crippen molar-refractivity contribution in [3.63, 3.8) is 0 Å². The van der Waals surface area contributed by atoms with E-state index in [4.69, 9.17) is 22.6 Å². The summed E-state index contributed by atoms with van der Waals surface area (Å²) in [6, 6.07) is 7.06. The summed E-state index contributed by atoms with van der Waals surface area (Å²) in [5, 5.41) is 18.5. The van der Waals surface area contributed by atoms with E-state index in [1.54, 1.807) is 12.1 Å². The van der Waals surface area contributed by atoms with Crippen LogP contribution in [0.15, 0.2) is 23.0 Å². The maximum atomic E-state index is 12.6. The molecule has 1 heterocycles. The van der Waals surface area contributed by atoms with Crippen LogP contribution >= 0.6 is 11.6 Å². The van der Waals surface area contributed by atoms with E-state index in [9.17, 15) is 18.8 Å². The second-order valence-corrected chi connectivity index (χ2v) is 4.67. The number of hydrogen-bond acceptors (Lipinski definition) is 5. The fourth-order valence-electron chi connectivity index (χ4n) is 2.01. The highest BCUT2D eigenvalue weighted by molar-refractivity contribution is 6.30. The number of nitrogens with zero attached hydrogens (tertiary/aromatic N) is 2. The highest BCUT2D eigenvalue weighted by Crippen LogP contribution is 2.37. The van der Waals surface area contributed by atoms with Gasteiger partial charge in [0, 0.05) is 16.1 Å². The number of alkyl halides is 2. The Balaban J connectivity index is 2.90. The van der Waals surface area contributed by atoms with E-state index in [1.165, 1.54) is 12.1 Å². The monoisotopic (exact) mass is 336 g/mol. The number of nitriles is 2. The van der Waals surface area contributed by atoms with Crippen LogP contribution in [0.3, 0.4) is 0 Å². The van der Waals surface area contributed by atoms with Crippen LogP contribution in [0.25, 0.3) is 11.1 Å². The van der Waals surface area contributed by atoms with Gasteiger partial charge < -0.3 is 15.5 Å². The van der Waals surface area contributed by atoms with Crippen molar-refractivity contribution in [3.8, 4) is 29.0 Å². The Morgan fingerprint density at radius 3 is 2.48 bits per heavy atom. The Bertz CT molecular complexity index is 913. The predicted molar refractivity (Wildman–Crippen MR) is 78.0 cm³/mol. The fourth-order valence-corrected chi connectivity index (χ4v) is 2.17. The van der Waals surface area contributed by atoms with Gasteiger partial charge in [-0.2, -0.15) is 19.3 Å². The normalized spacial score (nSPS) is 10.2. The highest BCUT2D eigenvalue weighted by atomic mass is 35.5. The molecule has 0 radical (unpaired) electrons. The molecule has 0 aliphatic carbocycles. The van der Waals surface area contributed by atoms with Crippen LogP contribution < -0.4 is 16.0 Å². The molecule has 2 rings (SSSR count). The Labute approximate surface area is 133 Å². The number of rotatable bonds is 3. The first kappa shape index (κ1) is 16.3. The van der Waals surface area contributed by atoms with Crippen LogP contribution in [0.1, 0.15) is 11.1 Å². The summed E-state index contributed by atoms with van der Waals surface area (Å²) in [7, 11) is 0. The minimum atomic E-state index is -3.16. The molecule has 1 aromatic carbocycles. The van der Waals surface area contributed by atoms with Crippen LogP contribution in [-0.2, 0) is 0 Å². The van der Waals surface area contributed by atoms with Crippen molar-refractivity contribution in [1.82, 2.24) is 4.98 Å². The summed E-state index contributed by atoms with van der Waals surface area (Å²) >= 11 is 5.75. The van der Waals surface area contributed by atoms with E-state index in [0.29, 0.717) is 0 Å². The number of ether oxygens (including phenoxy) is 1. The molecule has 0 atom stereocenters. The van der Waals surface area contributed by atoms with Gasteiger partial charge in [-0.1, -0.05) is 11.6 Å². The van der Waals surface area contributed by atoms with Gasteiger partial charge in [-0.3, -0.25) is 4.79 Å². The van der Waals surface area contributed by atoms with Crippen molar-refractivity contribution in [1.29, 1.82) is 10.5 Å². The summed E-state index contributed by atoms with van der Waals surface area (Å²) in [4.78, 5) is 14.0. The fraction of sp³-hybridized carbons (Fsp3) is 0.0714. The third-order valence-corrected chi connectivity index (χ3v) is 3.13. The molecule has 0 fully saturated rings. The number of hydrogen-bond donors (Lipinski definition) is 2. The number of pyridine rings is 1. The molecule has 3 N–H and O–H groups in total. The maximum Gasteiger partial charge on any atom is 0.387 e. The number of halogens is 3. The highest BCUT2D eigenvalue weighted by Gasteiger charge is 2.22. The lowest BCUT2D eigenvalue weighted by Crippen LogP contribution is -2.16. The van der Waals surface area contributed by atoms with Crippen LogP contribution in [-0.4, -0.2) is 11.6 Å². The molecule has 23 heavy (non-hydrogen) atoms. The summed E-state index contributed by atoms with van der Waals surface area (Å²) in [5.74, 6) is -0.671. The van der Waals surface area contributed by atoms with Gasteiger partial charge >= 0.3 is 6.61 Å². The molecule has 0 aliphatic heterocycles. The molecule has 1 aromatic heterocycles. The summed E-state index contributed by atoms with van der Waals surface area (Å²) in [6.07, 6.45) is 0. The second-order valence-electron chi connectivity index (χ2n) is 4.24. The van der Waals surface area contributed by atoms with Crippen LogP contribution in [0.4, 0.5) is 14.6 Å². The molecule has 0 bridgehead atoms. The largest absolute Gasteiger partial charge is 0.434 e. The topological polar surface area (TPSA) is 116 Å². The lowest BCUT2D eigenvalue weighted by Gasteiger charge is -2.14. The number of nitrogens with one attached hydrogen (secondary N) is 1. The Hall–Kier alpha value is -3.10. The van der Waals surface area contributed by atoms with Gasteiger partial charge in [-0.15, -0.1) is 0 Å². The van der Waals surface area contributed by atoms with Crippen LogP contribution in [0, 0.1) is 22.7 Å². The summed E-state index contributed by atoms with van der Waals surface area (Å²) < 4.78 is 29.5. The van der Waals surface area contributed by atoms with E-state index in [2.05, 4.69) is 9.72 Å². The van der Waals surface area contributed by atoms with Crippen molar-refractivity contribution in [2.75, 3.05) is 5.73 Å². The number of nitrogens with two attached hydrogens (primary N) is 1.